The summed E-state index contributed by atoms with van der Waals surface area (Å²) in [4.78, 5) is 28.2. The number of allylic oxidation sites excluding steroid dienone is 1. The minimum atomic E-state index is -4.52. The Morgan fingerprint density at radius 1 is 1.11 bits per heavy atom. The van der Waals surface area contributed by atoms with Crippen LogP contribution in [0.1, 0.15) is 47.2 Å². The van der Waals surface area contributed by atoms with Crippen LogP contribution in [0.25, 0.3) is 5.57 Å². The predicted octanol–water partition coefficient (Wildman–Crippen LogP) is 5.68. The molecular formula is C27H29F3N2O2S. The number of likely N-dealkylation sites (tertiary alicyclic amines) is 1. The van der Waals surface area contributed by atoms with Gasteiger partial charge in [0.05, 0.1) is 12.1 Å². The highest BCUT2D eigenvalue weighted by Crippen LogP contribution is 2.34. The van der Waals surface area contributed by atoms with E-state index in [1.165, 1.54) is 28.2 Å². The first-order valence-electron chi connectivity index (χ1n) is 11.8. The zero-order valence-corrected chi connectivity index (χ0v) is 20.4. The average Bonchev–Trinajstić information content (AvgIpc) is 2.84. The van der Waals surface area contributed by atoms with Gasteiger partial charge in [-0.1, -0.05) is 24.3 Å². The van der Waals surface area contributed by atoms with Gasteiger partial charge in [-0.05, 0) is 72.9 Å². The fraction of sp³-hybridized carbons (Fsp3) is 0.407. The number of amides is 1. The molecule has 1 aliphatic carbocycles. The summed E-state index contributed by atoms with van der Waals surface area (Å²) in [5, 5.41) is 2.45. The average molecular weight is 503 g/mol. The van der Waals surface area contributed by atoms with Crippen LogP contribution in [0.15, 0.2) is 59.5 Å². The van der Waals surface area contributed by atoms with Crippen molar-refractivity contribution in [2.75, 3.05) is 25.9 Å². The van der Waals surface area contributed by atoms with E-state index in [1.54, 1.807) is 11.8 Å². The molecular weight excluding hydrogens is 473 g/mol. The molecule has 1 fully saturated rings. The van der Waals surface area contributed by atoms with Crippen molar-refractivity contribution in [1.29, 1.82) is 0 Å². The minimum absolute atomic E-state index is 0.102. The molecule has 0 spiro atoms. The second-order valence-electron chi connectivity index (χ2n) is 9.21. The monoisotopic (exact) mass is 502 g/mol. The number of nitrogens with zero attached hydrogens (tertiary/aromatic N) is 1. The molecule has 2 aromatic carbocycles. The Balaban J connectivity index is 1.18. The molecule has 8 heteroatoms. The van der Waals surface area contributed by atoms with Gasteiger partial charge in [0.25, 0.3) is 5.91 Å². The number of alkyl halides is 3. The number of carbonyl (C=O) groups excluding carboxylic acids is 2. The normalized spacial score (nSPS) is 19.1. The Kier molecular flexibility index (Phi) is 8.02. The number of hydrogen-bond acceptors (Lipinski definition) is 4. The van der Waals surface area contributed by atoms with Gasteiger partial charge in [0.1, 0.15) is 0 Å². The largest absolute Gasteiger partial charge is 0.416 e. The number of benzene rings is 2. The molecule has 1 N–H and O–H groups in total. The van der Waals surface area contributed by atoms with Gasteiger partial charge in [-0.3, -0.25) is 14.5 Å². The third kappa shape index (κ3) is 6.55. The van der Waals surface area contributed by atoms with Crippen LogP contribution in [0.2, 0.25) is 0 Å². The summed E-state index contributed by atoms with van der Waals surface area (Å²) < 4.78 is 38.5. The van der Waals surface area contributed by atoms with E-state index in [0.29, 0.717) is 12.5 Å². The number of ketones is 1. The third-order valence-electron chi connectivity index (χ3n) is 6.76. The van der Waals surface area contributed by atoms with Crippen molar-refractivity contribution < 1.29 is 22.8 Å². The van der Waals surface area contributed by atoms with Gasteiger partial charge in [-0.2, -0.15) is 13.2 Å². The highest BCUT2D eigenvalue weighted by molar-refractivity contribution is 7.98. The summed E-state index contributed by atoms with van der Waals surface area (Å²) in [5.74, 6) is -0.514. The van der Waals surface area contributed by atoms with Crippen LogP contribution in [0.5, 0.6) is 0 Å². The van der Waals surface area contributed by atoms with Crippen molar-refractivity contribution in [3.63, 3.8) is 0 Å². The van der Waals surface area contributed by atoms with Gasteiger partial charge in [0.15, 0.2) is 5.78 Å². The number of nitrogens with one attached hydrogen (secondary N) is 1. The molecule has 1 aliphatic heterocycles. The van der Waals surface area contributed by atoms with Crippen molar-refractivity contribution in [2.45, 2.75) is 42.8 Å². The molecule has 1 atom stereocenters. The van der Waals surface area contributed by atoms with Gasteiger partial charge >= 0.3 is 6.18 Å². The van der Waals surface area contributed by atoms with Gasteiger partial charge in [-0.15, -0.1) is 11.8 Å². The quantitative estimate of drug-likeness (QED) is 0.472. The van der Waals surface area contributed by atoms with E-state index in [0.717, 1.165) is 44.5 Å². The molecule has 1 amide bonds. The van der Waals surface area contributed by atoms with Crippen molar-refractivity contribution in [3.05, 3.63) is 71.3 Å². The second kappa shape index (κ2) is 11.0. The first kappa shape index (κ1) is 25.5. The summed E-state index contributed by atoms with van der Waals surface area (Å²) in [6.45, 7) is 1.56. The number of Topliss-reactive ketones (excluding diaryl/α,β-unsaturated/α-hetero) is 1. The first-order chi connectivity index (χ1) is 16.7. The number of hydrogen-bond donors (Lipinski definition) is 1. The van der Waals surface area contributed by atoms with Crippen LogP contribution in [-0.4, -0.2) is 48.5 Å². The summed E-state index contributed by atoms with van der Waals surface area (Å²) in [5.41, 5.74) is 1.70. The Hall–Kier alpha value is -2.58. The maximum absolute atomic E-state index is 12.8. The molecule has 35 heavy (non-hydrogen) atoms. The SMILES string of the molecule is CSc1ccc(C2=CCC(N3CC(CC(=O)CNC(=O)c4cccc(C(F)(F)F)c4)C3)CC2)cc1. The lowest BCUT2D eigenvalue weighted by Crippen LogP contribution is -2.53. The zero-order valence-electron chi connectivity index (χ0n) is 19.6. The van der Waals surface area contributed by atoms with Crippen LogP contribution in [0.3, 0.4) is 0 Å². The van der Waals surface area contributed by atoms with Gasteiger partial charge in [0, 0.05) is 36.0 Å². The zero-order chi connectivity index (χ0) is 25.0. The van der Waals surface area contributed by atoms with E-state index in [1.807, 2.05) is 0 Å². The Bertz CT molecular complexity index is 1090. The van der Waals surface area contributed by atoms with Crippen molar-refractivity contribution in [1.82, 2.24) is 10.2 Å². The summed E-state index contributed by atoms with van der Waals surface area (Å²) in [6, 6.07) is 13.4. The Morgan fingerprint density at radius 2 is 1.86 bits per heavy atom. The molecule has 0 aromatic heterocycles. The van der Waals surface area contributed by atoms with Gasteiger partial charge in [0.2, 0.25) is 0 Å². The van der Waals surface area contributed by atoms with E-state index in [4.69, 9.17) is 0 Å². The second-order valence-corrected chi connectivity index (χ2v) is 10.1. The smallest absolute Gasteiger partial charge is 0.345 e. The maximum atomic E-state index is 12.8. The summed E-state index contributed by atoms with van der Waals surface area (Å²) in [7, 11) is 0. The standard InChI is InChI=1S/C27H29F3N2O2S/c1-35-25-11-7-20(8-12-25)19-5-9-23(10-6-19)32-16-18(17-32)13-24(33)15-31-26(34)21-3-2-4-22(14-21)27(28,29)30/h2-5,7-8,11-12,14,18,23H,6,9-10,13,15-17H2,1H3,(H,31,34). The fourth-order valence-electron chi connectivity index (χ4n) is 4.77. The molecule has 4 nitrogen and oxygen atoms in total. The highest BCUT2D eigenvalue weighted by atomic mass is 32.2. The lowest BCUT2D eigenvalue weighted by molar-refractivity contribution is -0.137. The first-order valence-corrected chi connectivity index (χ1v) is 13.0. The van der Waals surface area contributed by atoms with E-state index >= 15 is 0 Å². The molecule has 1 saturated heterocycles. The van der Waals surface area contributed by atoms with Crippen LogP contribution < -0.4 is 5.32 Å². The molecule has 2 aromatic rings. The summed E-state index contributed by atoms with van der Waals surface area (Å²) >= 11 is 1.74. The van der Waals surface area contributed by atoms with Gasteiger partial charge < -0.3 is 5.32 Å². The number of thioether (sulfide) groups is 1. The van der Waals surface area contributed by atoms with Crippen molar-refractivity contribution in [3.8, 4) is 0 Å². The Morgan fingerprint density at radius 3 is 2.49 bits per heavy atom. The van der Waals surface area contributed by atoms with Crippen molar-refractivity contribution >= 4 is 29.0 Å². The highest BCUT2D eigenvalue weighted by Gasteiger charge is 2.34. The topological polar surface area (TPSA) is 49.4 Å². The number of rotatable bonds is 8. The molecule has 0 radical (unpaired) electrons. The molecule has 4 rings (SSSR count). The molecule has 1 heterocycles. The molecule has 0 saturated carbocycles. The molecule has 186 valence electrons. The number of halogens is 3. The van der Waals surface area contributed by atoms with Crippen LogP contribution in [0.4, 0.5) is 13.2 Å². The predicted molar refractivity (Wildman–Crippen MR) is 132 cm³/mol. The minimum Gasteiger partial charge on any atom is -0.345 e. The van der Waals surface area contributed by atoms with E-state index in [-0.39, 0.29) is 23.8 Å². The van der Waals surface area contributed by atoms with E-state index in [9.17, 15) is 22.8 Å². The third-order valence-corrected chi connectivity index (χ3v) is 7.50. The maximum Gasteiger partial charge on any atom is 0.416 e. The summed E-state index contributed by atoms with van der Waals surface area (Å²) in [6.07, 6.45) is 3.42. The van der Waals surface area contributed by atoms with Crippen LogP contribution in [-0.2, 0) is 11.0 Å². The van der Waals surface area contributed by atoms with Crippen molar-refractivity contribution in [2.24, 2.45) is 5.92 Å². The Labute approximate surface area is 208 Å². The van der Waals surface area contributed by atoms with Crippen LogP contribution in [0, 0.1) is 5.92 Å². The molecule has 2 aliphatic rings. The molecule has 0 bridgehead atoms. The lowest BCUT2D eigenvalue weighted by Gasteiger charge is -2.45. The fourth-order valence-corrected chi connectivity index (χ4v) is 5.18. The van der Waals surface area contributed by atoms with Gasteiger partial charge in [-0.25, -0.2) is 0 Å². The van der Waals surface area contributed by atoms with E-state index < -0.39 is 17.6 Å². The lowest BCUT2D eigenvalue weighted by atomic mass is 9.85. The van der Waals surface area contributed by atoms with Crippen LogP contribution >= 0.6 is 11.8 Å². The van der Waals surface area contributed by atoms with E-state index in [2.05, 4.69) is 46.8 Å². The number of carbonyl (C=O) groups is 2. The molecule has 1 unspecified atom stereocenters.